The van der Waals surface area contributed by atoms with Gasteiger partial charge in [0.1, 0.15) is 12.4 Å². The number of carbonyl (C=O) groups is 1. The van der Waals surface area contributed by atoms with Crippen molar-refractivity contribution in [2.45, 2.75) is 59.0 Å². The highest BCUT2D eigenvalue weighted by Gasteiger charge is 2.52. The Labute approximate surface area is 195 Å². The summed E-state index contributed by atoms with van der Waals surface area (Å²) >= 11 is 0. The molecule has 0 aliphatic carbocycles. The van der Waals surface area contributed by atoms with Crippen LogP contribution < -0.4 is 4.74 Å². The third kappa shape index (κ3) is 4.00. The smallest absolute Gasteiger partial charge is 0.417 e. The summed E-state index contributed by atoms with van der Waals surface area (Å²) in [7, 11) is 0. The number of hydrogen-bond donors (Lipinski definition) is 0. The molecule has 3 aromatic rings. The Balaban J connectivity index is 1.63. The molecule has 0 radical (unpaired) electrons. The molecule has 2 aromatic carbocycles. The molecule has 0 fully saturated rings. The van der Waals surface area contributed by atoms with Crippen molar-refractivity contribution in [1.29, 1.82) is 5.26 Å². The highest BCUT2D eigenvalue weighted by atomic mass is 19.4. The van der Waals surface area contributed by atoms with E-state index in [4.69, 9.17) is 14.7 Å². The number of nitrogens with zero attached hydrogens (tertiary/aromatic N) is 2. The van der Waals surface area contributed by atoms with Gasteiger partial charge in [0.15, 0.2) is 5.60 Å². The normalized spacial score (nSPS) is 17.9. The van der Waals surface area contributed by atoms with Crippen molar-refractivity contribution >= 4 is 16.9 Å². The Bertz CT molecular complexity index is 1310. The monoisotopic (exact) mass is 470 g/mol. The van der Waals surface area contributed by atoms with Crippen LogP contribution in [0.4, 0.5) is 13.2 Å². The van der Waals surface area contributed by atoms with E-state index in [0.717, 1.165) is 28.7 Å². The number of esters is 1. The number of ether oxygens (including phenoxy) is 2. The zero-order valence-electron chi connectivity index (χ0n) is 19.4. The minimum absolute atomic E-state index is 0.0762. The highest BCUT2D eigenvalue weighted by molar-refractivity contribution is 5.84. The van der Waals surface area contributed by atoms with Gasteiger partial charge in [-0.3, -0.25) is 4.79 Å². The summed E-state index contributed by atoms with van der Waals surface area (Å²) in [6, 6.07) is 12.6. The number of aryl methyl sites for hydroxylation is 1. The van der Waals surface area contributed by atoms with Gasteiger partial charge in [-0.1, -0.05) is 26.8 Å². The number of carbonyl (C=O) groups excluding carboxylic acids is 1. The van der Waals surface area contributed by atoms with Crippen LogP contribution >= 0.6 is 0 Å². The van der Waals surface area contributed by atoms with Crippen molar-refractivity contribution in [3.8, 4) is 11.8 Å². The summed E-state index contributed by atoms with van der Waals surface area (Å²) in [5, 5.41) is 9.85. The van der Waals surface area contributed by atoms with Gasteiger partial charge < -0.3 is 14.0 Å². The molecule has 1 aromatic heterocycles. The number of benzene rings is 2. The molecule has 1 aliphatic rings. The maximum atomic E-state index is 13.2. The van der Waals surface area contributed by atoms with Gasteiger partial charge in [0.2, 0.25) is 0 Å². The average molecular weight is 470 g/mol. The van der Waals surface area contributed by atoms with E-state index in [-0.39, 0.29) is 18.0 Å². The lowest BCUT2D eigenvalue weighted by Gasteiger charge is -2.40. The van der Waals surface area contributed by atoms with E-state index in [1.807, 2.05) is 39.0 Å². The second kappa shape index (κ2) is 8.08. The third-order valence-corrected chi connectivity index (χ3v) is 6.42. The van der Waals surface area contributed by atoms with Gasteiger partial charge in [0.05, 0.1) is 22.9 Å². The molecule has 0 N–H and O–H groups in total. The lowest BCUT2D eigenvalue weighted by Crippen LogP contribution is -2.42. The molecule has 0 saturated carbocycles. The highest BCUT2D eigenvalue weighted by Crippen LogP contribution is 2.51. The van der Waals surface area contributed by atoms with Crippen molar-refractivity contribution < 1.29 is 27.4 Å². The van der Waals surface area contributed by atoms with Crippen LogP contribution in [0, 0.1) is 16.7 Å². The molecule has 1 atom stereocenters. The van der Waals surface area contributed by atoms with Crippen LogP contribution in [0.5, 0.6) is 5.75 Å². The van der Waals surface area contributed by atoms with Crippen molar-refractivity contribution in [3.05, 3.63) is 64.8 Å². The molecule has 0 spiro atoms. The third-order valence-electron chi connectivity index (χ3n) is 6.42. The first-order chi connectivity index (χ1) is 15.9. The molecular weight excluding hydrogens is 445 g/mol. The summed E-state index contributed by atoms with van der Waals surface area (Å²) in [6.45, 7) is 8.18. The first kappa shape index (κ1) is 23.7. The predicted octanol–water partition coefficient (Wildman–Crippen LogP) is 6.32. The van der Waals surface area contributed by atoms with Crippen LogP contribution in [0.15, 0.2) is 42.5 Å². The van der Waals surface area contributed by atoms with E-state index in [0.29, 0.717) is 24.3 Å². The fraction of sp³-hybridized carbons (Fsp3) is 0.385. The van der Waals surface area contributed by atoms with Gasteiger partial charge in [-0.15, -0.1) is 0 Å². The Morgan fingerprint density at radius 2 is 1.88 bits per heavy atom. The maximum Gasteiger partial charge on any atom is 0.417 e. The maximum absolute atomic E-state index is 13.2. The molecule has 34 heavy (non-hydrogen) atoms. The number of nitriles is 1. The fourth-order valence-electron chi connectivity index (χ4n) is 4.75. The Morgan fingerprint density at radius 1 is 1.15 bits per heavy atom. The summed E-state index contributed by atoms with van der Waals surface area (Å²) in [5.74, 6) is 0.168. The zero-order valence-corrected chi connectivity index (χ0v) is 19.4. The molecule has 1 unspecified atom stereocenters. The van der Waals surface area contributed by atoms with E-state index in [2.05, 4.69) is 4.57 Å². The van der Waals surface area contributed by atoms with Gasteiger partial charge in [0.25, 0.3) is 0 Å². The number of aromatic nitrogens is 1. The lowest BCUT2D eigenvalue weighted by molar-refractivity contribution is -0.173. The SMILES string of the molecule is CC(=O)OC1(C(C)(C)C)CCn2c1cc1cc(OCc3ccc(C#N)c(C(F)(F)F)c3)ccc12. The fourth-order valence-corrected chi connectivity index (χ4v) is 4.75. The van der Waals surface area contributed by atoms with Gasteiger partial charge in [-0.25, -0.2) is 0 Å². The van der Waals surface area contributed by atoms with E-state index in [1.54, 1.807) is 12.1 Å². The van der Waals surface area contributed by atoms with Crippen molar-refractivity contribution in [3.63, 3.8) is 0 Å². The first-order valence-corrected chi connectivity index (χ1v) is 10.9. The summed E-state index contributed by atoms with van der Waals surface area (Å²) in [4.78, 5) is 11.9. The largest absolute Gasteiger partial charge is 0.489 e. The van der Waals surface area contributed by atoms with Crippen LogP contribution in [-0.4, -0.2) is 10.5 Å². The number of hydrogen-bond acceptors (Lipinski definition) is 4. The molecule has 0 saturated heterocycles. The molecule has 8 heteroatoms. The number of halogens is 3. The zero-order chi connectivity index (χ0) is 24.9. The van der Waals surface area contributed by atoms with Gasteiger partial charge in [-0.05, 0) is 42.0 Å². The second-order valence-electron chi connectivity index (χ2n) is 9.60. The van der Waals surface area contributed by atoms with Gasteiger partial charge in [-0.2, -0.15) is 18.4 Å². The molecule has 178 valence electrons. The van der Waals surface area contributed by atoms with E-state index >= 15 is 0 Å². The standard InChI is InChI=1S/C26H25F3N2O3/c1-16(32)34-25(24(2,3)4)9-10-31-22-8-7-20(12-19(22)13-23(25)31)33-15-17-5-6-18(14-30)21(11-17)26(27,28)29/h5-8,11-13H,9-10,15H2,1-4H3. The Kier molecular flexibility index (Phi) is 5.63. The van der Waals surface area contributed by atoms with Gasteiger partial charge in [0, 0.05) is 36.2 Å². The summed E-state index contributed by atoms with van der Waals surface area (Å²) < 4.78 is 53.5. The van der Waals surface area contributed by atoms with Crippen LogP contribution in [0.3, 0.4) is 0 Å². The Morgan fingerprint density at radius 3 is 2.50 bits per heavy atom. The minimum Gasteiger partial charge on any atom is -0.489 e. The molecule has 0 bridgehead atoms. The van der Waals surface area contributed by atoms with Crippen molar-refractivity contribution in [2.75, 3.05) is 0 Å². The number of rotatable bonds is 4. The van der Waals surface area contributed by atoms with Crippen LogP contribution in [0.25, 0.3) is 10.9 Å². The average Bonchev–Trinajstić information content (AvgIpc) is 3.28. The lowest BCUT2D eigenvalue weighted by atomic mass is 9.73. The van der Waals surface area contributed by atoms with E-state index in [9.17, 15) is 18.0 Å². The van der Waals surface area contributed by atoms with Crippen molar-refractivity contribution in [2.24, 2.45) is 5.41 Å². The van der Waals surface area contributed by atoms with Crippen LogP contribution in [0.2, 0.25) is 0 Å². The summed E-state index contributed by atoms with van der Waals surface area (Å²) in [6.07, 6.45) is -3.94. The van der Waals surface area contributed by atoms with Crippen LogP contribution in [-0.2, 0) is 34.5 Å². The molecule has 5 nitrogen and oxygen atoms in total. The molecule has 4 rings (SSSR count). The quantitative estimate of drug-likeness (QED) is 0.419. The minimum atomic E-state index is -4.62. The van der Waals surface area contributed by atoms with Crippen LogP contribution in [0.1, 0.15) is 56.5 Å². The van der Waals surface area contributed by atoms with Crippen molar-refractivity contribution in [1.82, 2.24) is 4.57 Å². The molecule has 1 aliphatic heterocycles. The molecule has 0 amide bonds. The number of alkyl halides is 3. The first-order valence-electron chi connectivity index (χ1n) is 10.9. The van der Waals surface area contributed by atoms with E-state index in [1.165, 1.54) is 13.0 Å². The topological polar surface area (TPSA) is 64.2 Å². The molecular formula is C26H25F3N2O3. The second-order valence-corrected chi connectivity index (χ2v) is 9.60. The Hall–Kier alpha value is -3.47. The molecule has 2 heterocycles. The predicted molar refractivity (Wildman–Crippen MR) is 120 cm³/mol. The number of fused-ring (bicyclic) bond motifs is 3. The summed E-state index contributed by atoms with van der Waals surface area (Å²) in [5.41, 5.74) is -0.271. The van der Waals surface area contributed by atoms with E-state index < -0.39 is 22.9 Å². The van der Waals surface area contributed by atoms with Gasteiger partial charge >= 0.3 is 12.1 Å².